The number of carbonyl (C=O) groups excluding carboxylic acids is 1. The second-order valence-corrected chi connectivity index (χ2v) is 8.75. The molecule has 1 aromatic carbocycles. The Kier molecular flexibility index (Phi) is 5.02. The molecule has 1 aliphatic heterocycles. The Morgan fingerprint density at radius 2 is 1.85 bits per heavy atom. The first kappa shape index (κ1) is 17.6. The summed E-state index contributed by atoms with van der Waals surface area (Å²) in [5.74, 6) is 3.34. The molecule has 5 nitrogen and oxygen atoms in total. The lowest BCUT2D eigenvalue weighted by Gasteiger charge is -2.34. The zero-order valence-electron chi connectivity index (χ0n) is 15.5. The van der Waals surface area contributed by atoms with Crippen LogP contribution in [-0.4, -0.2) is 44.4 Å². The molecule has 1 amide bonds. The summed E-state index contributed by atoms with van der Waals surface area (Å²) in [5, 5.41) is 5.40. The van der Waals surface area contributed by atoms with Crippen LogP contribution < -0.4 is 0 Å². The van der Waals surface area contributed by atoms with Gasteiger partial charge in [0.2, 0.25) is 11.1 Å². The number of piperidine rings is 1. The highest BCUT2D eigenvalue weighted by Gasteiger charge is 2.31. The van der Waals surface area contributed by atoms with Crippen molar-refractivity contribution in [2.45, 2.75) is 44.2 Å². The average molecular weight is 371 g/mol. The first-order valence-electron chi connectivity index (χ1n) is 9.53. The van der Waals surface area contributed by atoms with E-state index in [-0.39, 0.29) is 5.91 Å². The van der Waals surface area contributed by atoms with Crippen LogP contribution >= 0.6 is 11.8 Å². The molecule has 26 heavy (non-hydrogen) atoms. The molecule has 1 aliphatic carbocycles. The number of likely N-dealkylation sites (tertiary alicyclic amines) is 1. The molecule has 0 bridgehead atoms. The molecular formula is C20H26N4OS. The third-order valence-corrected chi connectivity index (χ3v) is 5.92. The minimum atomic E-state index is 0.206. The van der Waals surface area contributed by atoms with Gasteiger partial charge in [-0.25, -0.2) is 9.67 Å². The van der Waals surface area contributed by atoms with Gasteiger partial charge in [-0.3, -0.25) is 4.79 Å². The number of rotatable bonds is 5. The molecule has 6 heteroatoms. The Hall–Kier alpha value is -1.82. The number of thioether (sulfide) groups is 1. The van der Waals surface area contributed by atoms with E-state index < -0.39 is 0 Å². The Morgan fingerprint density at radius 1 is 1.15 bits per heavy atom. The van der Waals surface area contributed by atoms with Crippen LogP contribution in [0.4, 0.5) is 0 Å². The first-order valence-corrected chi connectivity index (χ1v) is 10.5. The summed E-state index contributed by atoms with van der Waals surface area (Å²) in [5.41, 5.74) is 1.04. The second kappa shape index (κ2) is 7.43. The van der Waals surface area contributed by atoms with Gasteiger partial charge in [0, 0.05) is 19.0 Å². The highest BCUT2D eigenvalue weighted by molar-refractivity contribution is 7.99. The van der Waals surface area contributed by atoms with E-state index in [0.717, 1.165) is 24.6 Å². The molecule has 1 aromatic heterocycles. The largest absolute Gasteiger partial charge is 0.341 e. The number of nitrogens with zero attached hydrogens (tertiary/aromatic N) is 4. The van der Waals surface area contributed by atoms with Crippen molar-refractivity contribution in [2.75, 3.05) is 18.8 Å². The lowest BCUT2D eigenvalue weighted by Crippen LogP contribution is -2.43. The van der Waals surface area contributed by atoms with Crippen molar-refractivity contribution in [3.05, 3.63) is 36.2 Å². The van der Waals surface area contributed by atoms with E-state index in [0.29, 0.717) is 28.7 Å². The third kappa shape index (κ3) is 3.95. The molecule has 0 radical (unpaired) electrons. The summed E-state index contributed by atoms with van der Waals surface area (Å²) in [7, 11) is 0. The summed E-state index contributed by atoms with van der Waals surface area (Å²) < 4.78 is 1.95. The summed E-state index contributed by atoms with van der Waals surface area (Å²) in [6.45, 7) is 6.22. The number of aromatic nitrogens is 3. The van der Waals surface area contributed by atoms with Crippen LogP contribution in [0.3, 0.4) is 0 Å². The van der Waals surface area contributed by atoms with Crippen LogP contribution in [0.25, 0.3) is 5.69 Å². The van der Waals surface area contributed by atoms with Crippen molar-refractivity contribution < 1.29 is 4.79 Å². The van der Waals surface area contributed by atoms with Gasteiger partial charge in [-0.1, -0.05) is 43.8 Å². The molecule has 138 valence electrons. The number of hydrogen-bond acceptors (Lipinski definition) is 4. The third-order valence-electron chi connectivity index (χ3n) is 5.10. The Balaban J connectivity index is 1.44. The molecule has 2 heterocycles. The van der Waals surface area contributed by atoms with Gasteiger partial charge in [0.05, 0.1) is 11.4 Å². The van der Waals surface area contributed by atoms with Gasteiger partial charge < -0.3 is 4.90 Å². The fourth-order valence-electron chi connectivity index (χ4n) is 3.81. The zero-order valence-corrected chi connectivity index (χ0v) is 16.3. The SMILES string of the molecule is C[C@@H]1C[C@@H](C)CN(C(=O)CSc2nc(C3CC3)n(-c3ccccc3)n2)C1. The standard InChI is InChI=1S/C20H26N4OS/c1-14-10-15(2)12-23(11-14)18(25)13-26-20-21-19(16-8-9-16)24(22-20)17-6-4-3-5-7-17/h3-7,14-16H,8-13H2,1-2H3/t14-,15-/m1/s1. The molecule has 2 aliphatic rings. The lowest BCUT2D eigenvalue weighted by molar-refractivity contribution is -0.130. The second-order valence-electron chi connectivity index (χ2n) is 7.81. The predicted octanol–water partition coefficient (Wildman–Crippen LogP) is 3.74. The van der Waals surface area contributed by atoms with Crippen LogP contribution in [0.2, 0.25) is 0 Å². The van der Waals surface area contributed by atoms with Gasteiger partial charge in [-0.2, -0.15) is 0 Å². The first-order chi connectivity index (χ1) is 12.6. The molecule has 1 saturated carbocycles. The van der Waals surface area contributed by atoms with E-state index in [4.69, 9.17) is 4.98 Å². The fraction of sp³-hybridized carbons (Fsp3) is 0.550. The molecule has 0 N–H and O–H groups in total. The highest BCUT2D eigenvalue weighted by Crippen LogP contribution is 2.40. The summed E-state index contributed by atoms with van der Waals surface area (Å²) in [4.78, 5) is 19.4. The topological polar surface area (TPSA) is 51.0 Å². The Labute approximate surface area is 159 Å². The maximum Gasteiger partial charge on any atom is 0.233 e. The minimum absolute atomic E-state index is 0.206. The number of hydrogen-bond donors (Lipinski definition) is 0. The molecule has 1 saturated heterocycles. The smallest absolute Gasteiger partial charge is 0.233 e. The zero-order chi connectivity index (χ0) is 18.1. The van der Waals surface area contributed by atoms with E-state index in [1.807, 2.05) is 27.8 Å². The number of carbonyl (C=O) groups is 1. The number of benzene rings is 1. The molecular weight excluding hydrogens is 344 g/mol. The quantitative estimate of drug-likeness (QED) is 0.753. The van der Waals surface area contributed by atoms with Crippen molar-refractivity contribution >= 4 is 17.7 Å². The van der Waals surface area contributed by atoms with Gasteiger partial charge in [-0.05, 0) is 43.2 Å². The van der Waals surface area contributed by atoms with E-state index in [9.17, 15) is 4.79 Å². The summed E-state index contributed by atoms with van der Waals surface area (Å²) in [6.07, 6.45) is 3.57. The number of amides is 1. The fourth-order valence-corrected chi connectivity index (χ4v) is 4.55. The summed E-state index contributed by atoms with van der Waals surface area (Å²) in [6, 6.07) is 10.1. The van der Waals surface area contributed by atoms with Crippen LogP contribution in [0.1, 0.15) is 44.9 Å². The van der Waals surface area contributed by atoms with Crippen LogP contribution in [0, 0.1) is 11.8 Å². The monoisotopic (exact) mass is 370 g/mol. The van der Waals surface area contributed by atoms with Crippen LogP contribution in [-0.2, 0) is 4.79 Å². The molecule has 0 spiro atoms. The molecule has 2 atom stereocenters. The van der Waals surface area contributed by atoms with Crippen molar-refractivity contribution in [3.8, 4) is 5.69 Å². The van der Waals surface area contributed by atoms with Gasteiger partial charge in [0.15, 0.2) is 0 Å². The van der Waals surface area contributed by atoms with Crippen molar-refractivity contribution in [3.63, 3.8) is 0 Å². The van der Waals surface area contributed by atoms with Crippen molar-refractivity contribution in [1.82, 2.24) is 19.7 Å². The molecule has 4 rings (SSSR count). The van der Waals surface area contributed by atoms with Crippen molar-refractivity contribution in [2.24, 2.45) is 11.8 Å². The summed E-state index contributed by atoms with van der Waals surface area (Å²) >= 11 is 1.47. The van der Waals surface area contributed by atoms with Gasteiger partial charge in [0.1, 0.15) is 5.82 Å². The van der Waals surface area contributed by atoms with E-state index in [2.05, 4.69) is 31.1 Å². The molecule has 0 unspecified atom stereocenters. The normalized spacial score (nSPS) is 23.2. The highest BCUT2D eigenvalue weighted by atomic mass is 32.2. The van der Waals surface area contributed by atoms with Crippen molar-refractivity contribution in [1.29, 1.82) is 0 Å². The van der Waals surface area contributed by atoms with E-state index in [1.165, 1.54) is 31.0 Å². The van der Waals surface area contributed by atoms with Gasteiger partial charge in [-0.15, -0.1) is 5.10 Å². The lowest BCUT2D eigenvalue weighted by atomic mass is 9.92. The molecule has 2 aromatic rings. The van der Waals surface area contributed by atoms with E-state index in [1.54, 1.807) is 0 Å². The predicted molar refractivity (Wildman–Crippen MR) is 104 cm³/mol. The Bertz CT molecular complexity index is 761. The van der Waals surface area contributed by atoms with Crippen LogP contribution in [0.15, 0.2) is 35.5 Å². The minimum Gasteiger partial charge on any atom is -0.341 e. The average Bonchev–Trinajstić information content (AvgIpc) is 3.39. The number of para-hydroxylation sites is 1. The maximum absolute atomic E-state index is 12.6. The van der Waals surface area contributed by atoms with Gasteiger partial charge in [0.25, 0.3) is 0 Å². The Morgan fingerprint density at radius 3 is 2.50 bits per heavy atom. The maximum atomic E-state index is 12.6. The van der Waals surface area contributed by atoms with E-state index >= 15 is 0 Å². The molecule has 2 fully saturated rings. The van der Waals surface area contributed by atoms with Crippen LogP contribution in [0.5, 0.6) is 0 Å². The van der Waals surface area contributed by atoms with Gasteiger partial charge >= 0.3 is 0 Å².